The molecular formula is C16H15ClN4O2S. The van der Waals surface area contributed by atoms with E-state index in [0.717, 1.165) is 5.56 Å². The van der Waals surface area contributed by atoms with E-state index >= 15 is 0 Å². The van der Waals surface area contributed by atoms with E-state index in [2.05, 4.69) is 14.9 Å². The maximum Gasteiger partial charge on any atom is 0.263 e. The van der Waals surface area contributed by atoms with Crippen LogP contribution in [0.4, 0.5) is 5.69 Å². The fraction of sp³-hybridized carbons (Fsp3) is 0.125. The highest BCUT2D eigenvalue weighted by molar-refractivity contribution is 7.92. The molecule has 0 aliphatic carbocycles. The fourth-order valence-electron chi connectivity index (χ4n) is 2.32. The molecular weight excluding hydrogens is 348 g/mol. The van der Waals surface area contributed by atoms with Gasteiger partial charge in [-0.05, 0) is 36.8 Å². The van der Waals surface area contributed by atoms with Crippen molar-refractivity contribution in [3.05, 3.63) is 59.4 Å². The number of anilines is 1. The van der Waals surface area contributed by atoms with Gasteiger partial charge in [0.2, 0.25) is 0 Å². The summed E-state index contributed by atoms with van der Waals surface area (Å²) in [6, 6.07) is 11.8. The summed E-state index contributed by atoms with van der Waals surface area (Å²) in [6.45, 7) is 1.85. The molecule has 0 spiro atoms. The van der Waals surface area contributed by atoms with Crippen LogP contribution in [0.1, 0.15) is 5.56 Å². The number of aromatic nitrogens is 3. The van der Waals surface area contributed by atoms with Crippen LogP contribution in [0.5, 0.6) is 0 Å². The Balaban J connectivity index is 2.04. The molecule has 0 saturated heterocycles. The Kier molecular flexibility index (Phi) is 4.29. The second-order valence-electron chi connectivity index (χ2n) is 5.35. The summed E-state index contributed by atoms with van der Waals surface area (Å²) in [4.78, 5) is 0.0301. The van der Waals surface area contributed by atoms with Crippen molar-refractivity contribution in [1.29, 1.82) is 0 Å². The molecule has 3 aromatic rings. The highest BCUT2D eigenvalue weighted by Crippen LogP contribution is 2.30. The van der Waals surface area contributed by atoms with Crippen LogP contribution in [0.25, 0.3) is 11.4 Å². The largest absolute Gasteiger partial charge is 0.317 e. The molecule has 0 aliphatic rings. The third-order valence-electron chi connectivity index (χ3n) is 3.50. The molecule has 0 amide bonds. The van der Waals surface area contributed by atoms with Crippen LogP contribution < -0.4 is 4.72 Å². The van der Waals surface area contributed by atoms with Gasteiger partial charge in [0, 0.05) is 12.6 Å². The molecule has 0 radical (unpaired) electrons. The second kappa shape index (κ2) is 6.26. The average molecular weight is 363 g/mol. The average Bonchev–Trinajstić information content (AvgIpc) is 2.93. The van der Waals surface area contributed by atoms with Crippen molar-refractivity contribution >= 4 is 27.3 Å². The Morgan fingerprint density at radius 1 is 1.17 bits per heavy atom. The second-order valence-corrected chi connectivity index (χ2v) is 7.41. The maximum atomic E-state index is 12.7. The van der Waals surface area contributed by atoms with Gasteiger partial charge in [0.1, 0.15) is 11.2 Å². The molecule has 0 atom stereocenters. The zero-order valence-corrected chi connectivity index (χ0v) is 14.6. The standard InChI is InChI=1S/C16H15ClN4O2S/c1-11-7-8-15(13(17)9-11)24(22,23)20-14-6-4-3-5-12(14)16-19-18-10-21(16)2/h3-10,20H,1-2H3. The van der Waals surface area contributed by atoms with Gasteiger partial charge in [-0.25, -0.2) is 8.42 Å². The number of rotatable bonds is 4. The summed E-state index contributed by atoms with van der Waals surface area (Å²) in [5.74, 6) is 0.559. The number of hydrogen-bond acceptors (Lipinski definition) is 4. The van der Waals surface area contributed by atoms with Crippen LogP contribution >= 0.6 is 11.6 Å². The Morgan fingerprint density at radius 2 is 1.92 bits per heavy atom. The van der Waals surface area contributed by atoms with Gasteiger partial charge in [-0.1, -0.05) is 29.8 Å². The lowest BCUT2D eigenvalue weighted by atomic mass is 10.2. The summed E-state index contributed by atoms with van der Waals surface area (Å²) in [5.41, 5.74) is 1.92. The first kappa shape index (κ1) is 16.5. The first-order chi connectivity index (χ1) is 11.4. The molecule has 0 bridgehead atoms. The minimum Gasteiger partial charge on any atom is -0.317 e. The summed E-state index contributed by atoms with van der Waals surface area (Å²) in [6.07, 6.45) is 1.55. The molecule has 8 heteroatoms. The van der Waals surface area contributed by atoms with Crippen molar-refractivity contribution in [2.24, 2.45) is 7.05 Å². The van der Waals surface area contributed by atoms with Crippen molar-refractivity contribution in [3.63, 3.8) is 0 Å². The van der Waals surface area contributed by atoms with Crippen LogP contribution in [-0.2, 0) is 17.1 Å². The number of hydrogen-bond donors (Lipinski definition) is 1. The number of nitrogens with zero attached hydrogens (tertiary/aromatic N) is 3. The number of aryl methyl sites for hydroxylation is 2. The molecule has 124 valence electrons. The zero-order valence-electron chi connectivity index (χ0n) is 13.1. The van der Waals surface area contributed by atoms with Gasteiger partial charge in [-0.15, -0.1) is 10.2 Å². The summed E-state index contributed by atoms with van der Waals surface area (Å²) in [5, 5.41) is 8.04. The maximum absolute atomic E-state index is 12.7. The fourth-order valence-corrected chi connectivity index (χ4v) is 4.00. The quantitative estimate of drug-likeness (QED) is 0.772. The highest BCUT2D eigenvalue weighted by atomic mass is 35.5. The Labute approximate surface area is 145 Å². The minimum atomic E-state index is -3.83. The van der Waals surface area contributed by atoms with Crippen molar-refractivity contribution in [2.45, 2.75) is 11.8 Å². The van der Waals surface area contributed by atoms with Gasteiger partial charge in [0.25, 0.3) is 10.0 Å². The van der Waals surface area contributed by atoms with Crippen molar-refractivity contribution in [2.75, 3.05) is 4.72 Å². The van der Waals surface area contributed by atoms with Crippen LogP contribution in [-0.4, -0.2) is 23.2 Å². The van der Waals surface area contributed by atoms with Gasteiger partial charge < -0.3 is 4.57 Å². The van der Waals surface area contributed by atoms with Gasteiger partial charge >= 0.3 is 0 Å². The SMILES string of the molecule is Cc1ccc(S(=O)(=O)Nc2ccccc2-c2nncn2C)c(Cl)c1. The normalized spacial score (nSPS) is 11.5. The first-order valence-corrected chi connectivity index (χ1v) is 8.97. The van der Waals surface area contributed by atoms with Crippen LogP contribution in [0.3, 0.4) is 0 Å². The van der Waals surface area contributed by atoms with E-state index in [9.17, 15) is 8.42 Å². The lowest BCUT2D eigenvalue weighted by Gasteiger charge is -2.13. The van der Waals surface area contributed by atoms with Crippen LogP contribution in [0.2, 0.25) is 5.02 Å². The number of benzene rings is 2. The van der Waals surface area contributed by atoms with E-state index in [-0.39, 0.29) is 9.92 Å². The third kappa shape index (κ3) is 3.13. The molecule has 24 heavy (non-hydrogen) atoms. The summed E-state index contributed by atoms with van der Waals surface area (Å²) < 4.78 is 29.7. The predicted octanol–water partition coefficient (Wildman–Crippen LogP) is 3.24. The topological polar surface area (TPSA) is 76.9 Å². The van der Waals surface area contributed by atoms with E-state index in [1.807, 2.05) is 6.92 Å². The Hall–Kier alpha value is -2.38. The molecule has 0 saturated carbocycles. The first-order valence-electron chi connectivity index (χ1n) is 7.11. The van der Waals surface area contributed by atoms with E-state index < -0.39 is 10.0 Å². The van der Waals surface area contributed by atoms with E-state index in [4.69, 9.17) is 11.6 Å². The van der Waals surface area contributed by atoms with Crippen molar-refractivity contribution < 1.29 is 8.42 Å². The van der Waals surface area contributed by atoms with Gasteiger partial charge in [0.15, 0.2) is 5.82 Å². The molecule has 6 nitrogen and oxygen atoms in total. The molecule has 1 heterocycles. The molecule has 0 unspecified atom stereocenters. The van der Waals surface area contributed by atoms with Crippen molar-refractivity contribution in [3.8, 4) is 11.4 Å². The smallest absolute Gasteiger partial charge is 0.263 e. The summed E-state index contributed by atoms with van der Waals surface area (Å²) >= 11 is 6.10. The van der Waals surface area contributed by atoms with E-state index in [0.29, 0.717) is 17.1 Å². The van der Waals surface area contributed by atoms with E-state index in [1.165, 1.54) is 6.07 Å². The molecule has 1 aromatic heterocycles. The molecule has 3 rings (SSSR count). The molecule has 2 aromatic carbocycles. The third-order valence-corrected chi connectivity index (χ3v) is 5.35. The number of halogens is 1. The number of nitrogens with one attached hydrogen (secondary N) is 1. The van der Waals surface area contributed by atoms with Gasteiger partial charge in [-0.2, -0.15) is 0 Å². The monoisotopic (exact) mass is 362 g/mol. The zero-order chi connectivity index (χ0) is 17.3. The number of para-hydroxylation sites is 1. The van der Waals surface area contributed by atoms with Crippen molar-refractivity contribution in [1.82, 2.24) is 14.8 Å². The van der Waals surface area contributed by atoms with Crippen LogP contribution in [0, 0.1) is 6.92 Å². The Morgan fingerprint density at radius 3 is 2.58 bits per heavy atom. The van der Waals surface area contributed by atoms with E-state index in [1.54, 1.807) is 54.3 Å². The van der Waals surface area contributed by atoms with Crippen LogP contribution in [0.15, 0.2) is 53.7 Å². The van der Waals surface area contributed by atoms with Gasteiger partial charge in [0.05, 0.1) is 10.7 Å². The Bertz CT molecular complexity index is 999. The summed E-state index contributed by atoms with van der Waals surface area (Å²) in [7, 11) is -2.04. The lowest BCUT2D eigenvalue weighted by Crippen LogP contribution is -2.14. The molecule has 0 aliphatic heterocycles. The molecule has 1 N–H and O–H groups in total. The highest BCUT2D eigenvalue weighted by Gasteiger charge is 2.20. The number of sulfonamides is 1. The predicted molar refractivity (Wildman–Crippen MR) is 93.4 cm³/mol. The molecule has 0 fully saturated rings. The minimum absolute atomic E-state index is 0.0301. The van der Waals surface area contributed by atoms with Gasteiger partial charge in [-0.3, -0.25) is 4.72 Å². The lowest BCUT2D eigenvalue weighted by molar-refractivity contribution is 0.601.